The van der Waals surface area contributed by atoms with Crippen LogP contribution in [0.15, 0.2) is 79.4 Å². The molecule has 16 heteroatoms. The molecule has 0 saturated heterocycles. The van der Waals surface area contributed by atoms with Crippen LogP contribution in [0.2, 0.25) is 0 Å². The number of hydrogen-bond donors (Lipinski definition) is 3. The predicted octanol–water partition coefficient (Wildman–Crippen LogP) is 6.51. The zero-order valence-electron chi connectivity index (χ0n) is 33.2. The van der Waals surface area contributed by atoms with Gasteiger partial charge in [0.05, 0.1) is 44.2 Å². The molecule has 1 aliphatic carbocycles. The molecular weight excluding hydrogens is 791 g/mol. The van der Waals surface area contributed by atoms with E-state index in [9.17, 15) is 24.6 Å². The van der Waals surface area contributed by atoms with Gasteiger partial charge < -0.3 is 53.4 Å². The summed E-state index contributed by atoms with van der Waals surface area (Å²) < 4.78 is 44.2. The summed E-state index contributed by atoms with van der Waals surface area (Å²) in [6, 6.07) is 19.3. The van der Waals surface area contributed by atoms with E-state index in [-0.39, 0.29) is 48.2 Å². The topological polar surface area (TPSA) is 178 Å². The average molecular weight is 842 g/mol. The smallest absolute Gasteiger partial charge is 0.497 e. The number of ether oxygens (including phenoxy) is 8. The molecule has 3 aromatic carbocycles. The van der Waals surface area contributed by atoms with Crippen LogP contribution in [0.3, 0.4) is 0 Å². The van der Waals surface area contributed by atoms with Gasteiger partial charge in [-0.1, -0.05) is 76.7 Å². The molecule has 314 valence electrons. The van der Waals surface area contributed by atoms with Crippen LogP contribution in [-0.4, -0.2) is 99.3 Å². The van der Waals surface area contributed by atoms with E-state index < -0.39 is 47.4 Å². The summed E-state index contributed by atoms with van der Waals surface area (Å²) in [5, 5.41) is 27.9. The predicted molar refractivity (Wildman–Crippen MR) is 219 cm³/mol. The van der Waals surface area contributed by atoms with Crippen molar-refractivity contribution in [3.8, 4) is 23.0 Å². The Morgan fingerprint density at radius 1 is 0.948 bits per heavy atom. The van der Waals surface area contributed by atoms with Crippen molar-refractivity contribution in [3.05, 3.63) is 96.1 Å². The van der Waals surface area contributed by atoms with Crippen LogP contribution >= 0.6 is 21.6 Å². The maximum atomic E-state index is 13.5. The lowest BCUT2D eigenvalue weighted by atomic mass is 9.70. The van der Waals surface area contributed by atoms with Crippen LogP contribution in [0.1, 0.15) is 49.3 Å². The van der Waals surface area contributed by atoms with E-state index in [2.05, 4.69) is 11.9 Å². The first-order valence-electron chi connectivity index (χ1n) is 18.7. The van der Waals surface area contributed by atoms with Crippen molar-refractivity contribution in [3.63, 3.8) is 0 Å². The fourth-order valence-electron chi connectivity index (χ4n) is 7.32. The Bertz CT molecular complexity index is 1880. The maximum Gasteiger partial charge on any atom is 0.508 e. The number of methoxy groups -OCH3 is 3. The van der Waals surface area contributed by atoms with Crippen LogP contribution in [0, 0.1) is 5.92 Å². The van der Waals surface area contributed by atoms with E-state index in [0.29, 0.717) is 47.8 Å². The second kappa shape index (κ2) is 19.8. The summed E-state index contributed by atoms with van der Waals surface area (Å²) in [7, 11) is 7.24. The largest absolute Gasteiger partial charge is 0.508 e. The van der Waals surface area contributed by atoms with Crippen molar-refractivity contribution in [1.29, 1.82) is 0 Å². The summed E-state index contributed by atoms with van der Waals surface area (Å²) in [6.07, 6.45) is -0.321. The van der Waals surface area contributed by atoms with Gasteiger partial charge in [-0.2, -0.15) is 0 Å². The first-order chi connectivity index (χ1) is 27.9. The maximum absolute atomic E-state index is 13.5. The Hall–Kier alpha value is -4.77. The number of alkyl carbamates (subject to hydrolysis) is 1. The number of fused-ring (bicyclic) bond motifs is 3. The van der Waals surface area contributed by atoms with Gasteiger partial charge in [-0.15, -0.1) is 0 Å². The van der Waals surface area contributed by atoms with Crippen molar-refractivity contribution < 1.29 is 62.5 Å². The fraction of sp³-hybridized carbons (Fsp3) is 0.452. The minimum Gasteiger partial charge on any atom is -0.497 e. The standard InChI is InChI=1S/C42H51NO13S2/c1-7-20-53-39(47)54-22-23-57-58-40(2,3)26-55-38(46)43-19-11-12-21-52-30-24-31(50-5)35-32(25-30)56-42(28-15-17-29(49-4)18-16-28)34(27-13-9-8-10-14-27)33(37(45)51-6)36(44)41(35,42)48/h7-10,13-18,24-25,33-34,36,44,48H,1,11-12,19-23,26H2,2-6H3,(H,43,46)/t33-,34-,36-,41+,42+/m0/s1. The number of hydrogen-bond acceptors (Lipinski definition) is 15. The number of benzene rings is 3. The van der Waals surface area contributed by atoms with Crippen molar-refractivity contribution in [2.75, 3.05) is 60.1 Å². The third kappa shape index (κ3) is 9.41. The second-order valence-electron chi connectivity index (χ2n) is 14.1. The van der Waals surface area contributed by atoms with E-state index in [0.717, 1.165) is 0 Å². The van der Waals surface area contributed by atoms with Gasteiger partial charge in [-0.25, -0.2) is 9.59 Å². The van der Waals surface area contributed by atoms with Crippen molar-refractivity contribution in [1.82, 2.24) is 5.32 Å². The van der Waals surface area contributed by atoms with Crippen LogP contribution in [0.25, 0.3) is 0 Å². The second-order valence-corrected chi connectivity index (χ2v) is 17.3. The molecule has 1 heterocycles. The van der Waals surface area contributed by atoms with Crippen molar-refractivity contribution in [2.24, 2.45) is 5.92 Å². The van der Waals surface area contributed by atoms with Crippen molar-refractivity contribution >= 4 is 39.8 Å². The van der Waals surface area contributed by atoms with Gasteiger partial charge in [0, 0.05) is 30.3 Å². The molecule has 0 aromatic heterocycles. The lowest BCUT2D eigenvalue weighted by Crippen LogP contribution is -2.52. The van der Waals surface area contributed by atoms with E-state index in [1.165, 1.54) is 41.9 Å². The highest BCUT2D eigenvalue weighted by molar-refractivity contribution is 8.77. The van der Waals surface area contributed by atoms with Gasteiger partial charge in [0.15, 0.2) is 11.2 Å². The van der Waals surface area contributed by atoms with Gasteiger partial charge in [0.25, 0.3) is 0 Å². The molecule has 0 unspecified atom stereocenters. The molecular formula is C42H51NO13S2. The lowest BCUT2D eigenvalue weighted by Gasteiger charge is -2.40. The van der Waals surface area contributed by atoms with E-state index in [1.807, 2.05) is 44.2 Å². The van der Waals surface area contributed by atoms with E-state index in [1.54, 1.807) is 43.5 Å². The monoisotopic (exact) mass is 841 g/mol. The Morgan fingerprint density at radius 3 is 2.36 bits per heavy atom. The van der Waals surface area contributed by atoms with Crippen LogP contribution < -0.4 is 24.3 Å². The Balaban J connectivity index is 1.22. The number of aliphatic hydroxyl groups is 2. The zero-order chi connectivity index (χ0) is 41.9. The van der Waals surface area contributed by atoms with Crippen LogP contribution in [0.4, 0.5) is 9.59 Å². The normalized spacial score (nSPS) is 21.7. The van der Waals surface area contributed by atoms with Gasteiger partial charge in [0.1, 0.15) is 48.9 Å². The SMILES string of the molecule is C=CCOC(=O)OCCSSC(C)(C)COC(=O)NCCCCOc1cc(OC)c2c(c1)O[C@]1(c3ccc(OC)cc3)[C@@H](c3ccccc3)[C@H](C(=O)OC)[C@H](O)[C@]21O. The van der Waals surface area contributed by atoms with Crippen LogP contribution in [-0.2, 0) is 34.9 Å². The molecule has 3 N–H and O–H groups in total. The summed E-state index contributed by atoms with van der Waals surface area (Å²) >= 11 is 0. The first-order valence-corrected chi connectivity index (χ1v) is 21.0. The van der Waals surface area contributed by atoms with Gasteiger partial charge in [-0.3, -0.25) is 4.79 Å². The Labute approximate surface area is 346 Å². The van der Waals surface area contributed by atoms with Crippen LogP contribution in [0.5, 0.6) is 23.0 Å². The molecule has 1 amide bonds. The average Bonchev–Trinajstić information content (AvgIpc) is 3.61. The Kier molecular flexibility index (Phi) is 15.1. The number of carbonyl (C=O) groups excluding carboxylic acids is 3. The number of amides is 1. The summed E-state index contributed by atoms with van der Waals surface area (Å²) in [5.74, 6) is -0.918. The molecule has 14 nitrogen and oxygen atoms in total. The minimum atomic E-state index is -2.19. The fourth-order valence-corrected chi connectivity index (χ4v) is 9.53. The van der Waals surface area contributed by atoms with Gasteiger partial charge in [0.2, 0.25) is 0 Å². The summed E-state index contributed by atoms with van der Waals surface area (Å²) in [6.45, 7) is 8.46. The summed E-state index contributed by atoms with van der Waals surface area (Å²) in [4.78, 5) is 37.3. The number of aliphatic hydroxyl groups excluding tert-OH is 1. The molecule has 58 heavy (non-hydrogen) atoms. The van der Waals surface area contributed by atoms with Gasteiger partial charge >= 0.3 is 18.2 Å². The molecule has 2 aliphatic rings. The Morgan fingerprint density at radius 2 is 1.69 bits per heavy atom. The molecule has 0 radical (unpaired) electrons. The number of carbonyl (C=O) groups is 3. The van der Waals surface area contributed by atoms with E-state index in [4.69, 9.17) is 37.9 Å². The molecule has 1 fully saturated rings. The summed E-state index contributed by atoms with van der Waals surface area (Å²) in [5.41, 5.74) is -2.60. The number of rotatable bonds is 20. The molecule has 3 aromatic rings. The first kappa shape index (κ1) is 44.3. The third-order valence-electron chi connectivity index (χ3n) is 9.84. The van der Waals surface area contributed by atoms with E-state index >= 15 is 0 Å². The number of unbranched alkanes of at least 4 members (excludes halogenated alkanes) is 1. The highest BCUT2D eigenvalue weighted by Gasteiger charge is 2.78. The number of esters is 1. The molecule has 5 atom stereocenters. The molecule has 1 aliphatic heterocycles. The molecule has 0 spiro atoms. The van der Waals surface area contributed by atoms with Gasteiger partial charge in [-0.05, 0) is 49.9 Å². The highest BCUT2D eigenvalue weighted by Crippen LogP contribution is 2.70. The lowest BCUT2D eigenvalue weighted by molar-refractivity contribution is -0.161. The quantitative estimate of drug-likeness (QED) is 0.0369. The zero-order valence-corrected chi connectivity index (χ0v) is 34.9. The number of nitrogens with one attached hydrogen (secondary N) is 1. The molecule has 0 bridgehead atoms. The van der Waals surface area contributed by atoms with Crippen molar-refractivity contribution in [2.45, 2.75) is 54.7 Å². The highest BCUT2D eigenvalue weighted by atomic mass is 33.1. The third-order valence-corrected chi connectivity index (χ3v) is 13.1. The minimum absolute atomic E-state index is 0.0917. The molecule has 1 saturated carbocycles. The molecule has 5 rings (SSSR count).